The number of sulfonamides is 1. The van der Waals surface area contributed by atoms with E-state index in [1.54, 1.807) is 30.3 Å². The predicted octanol–water partition coefficient (Wildman–Crippen LogP) is 2.55. The molecule has 1 N–H and O–H groups in total. The zero-order valence-electron chi connectivity index (χ0n) is 16.6. The minimum atomic E-state index is -4.04. The molecule has 3 aromatic carbocycles. The van der Waals surface area contributed by atoms with Crippen molar-refractivity contribution in [3.05, 3.63) is 101 Å². The second-order valence-electron chi connectivity index (χ2n) is 6.45. The van der Waals surface area contributed by atoms with E-state index >= 15 is 0 Å². The van der Waals surface area contributed by atoms with Gasteiger partial charge in [-0.2, -0.15) is 0 Å². The second kappa shape index (κ2) is 10.3. The first-order valence-corrected chi connectivity index (χ1v) is 13.9. The van der Waals surface area contributed by atoms with Gasteiger partial charge in [-0.25, -0.2) is 0 Å². The van der Waals surface area contributed by atoms with Crippen LogP contribution in [0.15, 0.2) is 105 Å². The Bertz CT molecular complexity index is 1240. The maximum absolute atomic E-state index is 12.7. The summed E-state index contributed by atoms with van der Waals surface area (Å²) in [5.74, 6) is 0. The molecule has 31 heavy (non-hydrogen) atoms. The second-order valence-corrected chi connectivity index (χ2v) is 12.0. The van der Waals surface area contributed by atoms with Crippen LogP contribution >= 0.6 is 0 Å². The molecule has 0 aliphatic heterocycles. The monoisotopic (exact) mass is 523 g/mol. The molecule has 0 atom stereocenters. The van der Waals surface area contributed by atoms with Crippen LogP contribution in [0.3, 0.4) is 0 Å². The Morgan fingerprint density at radius 3 is 2.03 bits per heavy atom. The molecule has 0 fully saturated rings. The average molecular weight is 523 g/mol. The normalized spacial score (nSPS) is 12.5. The van der Waals surface area contributed by atoms with Crippen LogP contribution in [-0.4, -0.2) is 38.3 Å². The molecular weight excluding hydrogens is 501 g/mol. The van der Waals surface area contributed by atoms with Gasteiger partial charge in [0.25, 0.3) is 0 Å². The Hall–Kier alpha value is -2.42. The van der Waals surface area contributed by atoms with Crippen molar-refractivity contribution < 1.29 is 21.0 Å². The number of benzene rings is 3. The van der Waals surface area contributed by atoms with E-state index in [9.17, 15) is 16.8 Å². The SMILES string of the molecule is Cc1ccc(S(=O)(=O)O/C(=C/CNS(=O)(=O)c2ccccc2)[Se]c2ccccc2)cc1. The predicted molar refractivity (Wildman–Crippen MR) is 121 cm³/mol. The first-order chi connectivity index (χ1) is 14.8. The molecule has 0 saturated carbocycles. The molecule has 0 amide bonds. The summed E-state index contributed by atoms with van der Waals surface area (Å²) in [6.45, 7) is 1.75. The first-order valence-electron chi connectivity index (χ1n) is 9.25. The van der Waals surface area contributed by atoms with E-state index in [-0.39, 0.29) is 21.0 Å². The number of hydrogen-bond donors (Lipinski definition) is 1. The Morgan fingerprint density at radius 1 is 0.839 bits per heavy atom. The number of rotatable bonds is 9. The molecule has 0 spiro atoms. The summed E-state index contributed by atoms with van der Waals surface area (Å²) in [5, 5.41) is 0. The zero-order valence-corrected chi connectivity index (χ0v) is 20.0. The molecular formula is C22H21NO5S2Se. The summed E-state index contributed by atoms with van der Waals surface area (Å²) in [6.07, 6.45) is 1.46. The third-order valence-corrected chi connectivity index (χ3v) is 9.00. The van der Waals surface area contributed by atoms with E-state index < -0.39 is 35.1 Å². The third kappa shape index (κ3) is 6.78. The summed E-state index contributed by atoms with van der Waals surface area (Å²) in [5.41, 5.74) is 0.929. The van der Waals surface area contributed by atoms with Gasteiger partial charge in [-0.1, -0.05) is 0 Å². The molecule has 0 heterocycles. The van der Waals surface area contributed by atoms with Crippen LogP contribution in [0.4, 0.5) is 0 Å². The van der Waals surface area contributed by atoms with Crippen LogP contribution in [0.25, 0.3) is 0 Å². The molecule has 3 aromatic rings. The van der Waals surface area contributed by atoms with Crippen molar-refractivity contribution in [1.29, 1.82) is 0 Å². The topological polar surface area (TPSA) is 89.5 Å². The van der Waals surface area contributed by atoms with Crippen LogP contribution in [0.5, 0.6) is 0 Å². The van der Waals surface area contributed by atoms with Crippen molar-refractivity contribution in [2.75, 3.05) is 6.54 Å². The number of aryl methyl sites for hydroxylation is 1. The van der Waals surface area contributed by atoms with Crippen molar-refractivity contribution in [3.63, 3.8) is 0 Å². The van der Waals surface area contributed by atoms with Crippen LogP contribution < -0.4 is 9.18 Å². The van der Waals surface area contributed by atoms with Gasteiger partial charge in [0.05, 0.1) is 0 Å². The fourth-order valence-corrected chi connectivity index (χ4v) is 6.58. The van der Waals surface area contributed by atoms with Crippen molar-refractivity contribution in [2.24, 2.45) is 0 Å². The summed E-state index contributed by atoms with van der Waals surface area (Å²) < 4.78 is 59.3. The standard InChI is InChI=1S/C22H21NO5S2Se/c1-18-12-14-20(15-13-18)30(26,27)28-22(31-21-10-6-3-7-11-21)16-17-23-29(24,25)19-8-4-2-5-9-19/h2-16,23H,17H2,1H3/b22-16-. The van der Waals surface area contributed by atoms with Gasteiger partial charge in [-0.3, -0.25) is 0 Å². The van der Waals surface area contributed by atoms with Crippen LogP contribution in [0, 0.1) is 6.92 Å². The van der Waals surface area contributed by atoms with E-state index in [4.69, 9.17) is 4.18 Å². The molecule has 0 unspecified atom stereocenters. The van der Waals surface area contributed by atoms with E-state index in [1.165, 1.54) is 30.3 Å². The minimum absolute atomic E-state index is 0.0396. The molecule has 9 heteroatoms. The van der Waals surface area contributed by atoms with Gasteiger partial charge < -0.3 is 0 Å². The van der Waals surface area contributed by atoms with Crippen LogP contribution in [0.2, 0.25) is 0 Å². The molecule has 6 nitrogen and oxygen atoms in total. The Morgan fingerprint density at radius 2 is 1.42 bits per heavy atom. The molecule has 0 aliphatic rings. The van der Waals surface area contributed by atoms with Crippen molar-refractivity contribution in [1.82, 2.24) is 4.72 Å². The molecule has 162 valence electrons. The molecule has 3 rings (SSSR count). The van der Waals surface area contributed by atoms with Crippen LogP contribution in [-0.2, 0) is 24.3 Å². The third-order valence-electron chi connectivity index (χ3n) is 4.06. The maximum atomic E-state index is 12.7. The van der Waals surface area contributed by atoms with Gasteiger partial charge in [0.1, 0.15) is 0 Å². The first kappa shape index (κ1) is 23.2. The molecule has 0 saturated heterocycles. The van der Waals surface area contributed by atoms with E-state index in [2.05, 4.69) is 4.72 Å². The van der Waals surface area contributed by atoms with Gasteiger partial charge in [0.2, 0.25) is 0 Å². The van der Waals surface area contributed by atoms with Gasteiger partial charge in [-0.05, 0) is 0 Å². The number of hydrogen-bond acceptors (Lipinski definition) is 5. The van der Waals surface area contributed by atoms with Gasteiger partial charge in [0, 0.05) is 0 Å². The fourth-order valence-electron chi connectivity index (χ4n) is 2.48. The molecule has 0 aliphatic carbocycles. The Labute approximate surface area is 189 Å². The van der Waals surface area contributed by atoms with Gasteiger partial charge in [0.15, 0.2) is 0 Å². The fraction of sp³-hybridized carbons (Fsp3) is 0.0909. The Balaban J connectivity index is 1.81. The quantitative estimate of drug-likeness (QED) is 0.265. The molecule has 0 bridgehead atoms. The summed E-state index contributed by atoms with van der Waals surface area (Å²) in [7, 11) is -7.77. The van der Waals surface area contributed by atoms with Crippen molar-refractivity contribution in [3.8, 4) is 0 Å². The summed E-state index contributed by atoms with van der Waals surface area (Å²) in [4.78, 5) is 0.171. The molecule has 0 radical (unpaired) electrons. The van der Waals surface area contributed by atoms with Crippen molar-refractivity contribution >= 4 is 39.6 Å². The van der Waals surface area contributed by atoms with E-state index in [1.807, 2.05) is 37.3 Å². The van der Waals surface area contributed by atoms with Crippen LogP contribution in [0.1, 0.15) is 5.56 Å². The van der Waals surface area contributed by atoms with E-state index in [0.717, 1.165) is 10.0 Å². The van der Waals surface area contributed by atoms with Gasteiger partial charge >= 0.3 is 190 Å². The summed E-state index contributed by atoms with van der Waals surface area (Å²) in [6, 6.07) is 23.6. The molecule has 0 aromatic heterocycles. The number of nitrogens with one attached hydrogen (secondary N) is 1. The van der Waals surface area contributed by atoms with Crippen molar-refractivity contribution in [2.45, 2.75) is 16.7 Å². The zero-order chi connectivity index (χ0) is 22.3. The Kier molecular flexibility index (Phi) is 7.69. The average Bonchev–Trinajstić information content (AvgIpc) is 2.75. The summed E-state index contributed by atoms with van der Waals surface area (Å²) >= 11 is -0.475. The van der Waals surface area contributed by atoms with E-state index in [0.29, 0.717) is 0 Å². The van der Waals surface area contributed by atoms with Gasteiger partial charge in [-0.15, -0.1) is 0 Å².